The maximum atomic E-state index is 13.0. The van der Waals surface area contributed by atoms with Gasteiger partial charge in [0.05, 0.1) is 29.0 Å². The van der Waals surface area contributed by atoms with Crippen molar-refractivity contribution in [3.63, 3.8) is 0 Å². The molecule has 2 aromatic carbocycles. The number of hydrogen-bond acceptors (Lipinski definition) is 2. The Morgan fingerprint density at radius 3 is 2.41 bits per heavy atom. The first-order valence-corrected chi connectivity index (χ1v) is 9.32. The highest BCUT2D eigenvalue weighted by molar-refractivity contribution is 6.09. The Hall–Kier alpha value is -2.50. The summed E-state index contributed by atoms with van der Waals surface area (Å²) in [5.41, 5.74) is 1.68. The molecule has 0 bridgehead atoms. The Bertz CT molecular complexity index is 852. The molecule has 1 heterocycles. The summed E-state index contributed by atoms with van der Waals surface area (Å²) in [6.07, 6.45) is 1.02. The Balaban J connectivity index is 1.64. The lowest BCUT2D eigenvalue weighted by atomic mass is 9.79. The summed E-state index contributed by atoms with van der Waals surface area (Å²) in [4.78, 5) is 4.73. The van der Waals surface area contributed by atoms with Crippen LogP contribution in [-0.2, 0) is 12.7 Å². The largest absolute Gasteiger partial charge is 0.416 e. The first-order valence-electron chi connectivity index (χ1n) is 9.32. The van der Waals surface area contributed by atoms with E-state index in [2.05, 4.69) is 10.6 Å². The third-order valence-corrected chi connectivity index (χ3v) is 5.39. The van der Waals surface area contributed by atoms with E-state index in [0.29, 0.717) is 5.56 Å². The highest BCUT2D eigenvalue weighted by Gasteiger charge is 2.40. The minimum absolute atomic E-state index is 0.220. The number of amidine groups is 1. The zero-order valence-electron chi connectivity index (χ0n) is 14.9. The summed E-state index contributed by atoms with van der Waals surface area (Å²) in [6, 6.07) is 13.4. The van der Waals surface area contributed by atoms with Crippen LogP contribution in [0.15, 0.2) is 53.5 Å². The molecular weight excluding hydrogens is 351 g/mol. The molecule has 142 valence electrons. The highest BCUT2D eigenvalue weighted by Crippen LogP contribution is 2.39. The number of hydrogen-bond donors (Lipinski definition) is 2. The molecule has 4 rings (SSSR count). The molecule has 2 aliphatic rings. The van der Waals surface area contributed by atoms with E-state index in [0.717, 1.165) is 49.0 Å². The van der Waals surface area contributed by atoms with Crippen molar-refractivity contribution in [1.29, 1.82) is 0 Å². The van der Waals surface area contributed by atoms with Crippen molar-refractivity contribution in [1.82, 2.24) is 0 Å². The second-order valence-corrected chi connectivity index (χ2v) is 7.30. The summed E-state index contributed by atoms with van der Waals surface area (Å²) in [5, 5.41) is 7.10. The van der Waals surface area contributed by atoms with Crippen molar-refractivity contribution in [2.45, 2.75) is 50.4 Å². The van der Waals surface area contributed by atoms with Gasteiger partial charge >= 0.3 is 6.18 Å². The van der Waals surface area contributed by atoms with E-state index >= 15 is 0 Å². The summed E-state index contributed by atoms with van der Waals surface area (Å²) >= 11 is 0. The minimum atomic E-state index is -4.34. The van der Waals surface area contributed by atoms with E-state index in [4.69, 9.17) is 4.99 Å². The quantitative estimate of drug-likeness (QED) is 0.693. The predicted molar refractivity (Wildman–Crippen MR) is 102 cm³/mol. The van der Waals surface area contributed by atoms with E-state index in [1.807, 2.05) is 24.3 Å². The zero-order valence-corrected chi connectivity index (χ0v) is 14.9. The molecule has 0 amide bonds. The van der Waals surface area contributed by atoms with Crippen LogP contribution in [0.2, 0.25) is 0 Å². The normalized spacial score (nSPS) is 20.0. The predicted octanol–water partition coefficient (Wildman–Crippen LogP) is 5.84. The van der Waals surface area contributed by atoms with Crippen LogP contribution >= 0.6 is 0 Å². The van der Waals surface area contributed by atoms with Crippen LogP contribution < -0.4 is 10.6 Å². The molecule has 1 fully saturated rings. The van der Waals surface area contributed by atoms with E-state index in [-0.39, 0.29) is 12.1 Å². The van der Waals surface area contributed by atoms with Crippen molar-refractivity contribution in [3.05, 3.63) is 59.7 Å². The Kier molecular flexibility index (Phi) is 4.58. The van der Waals surface area contributed by atoms with Crippen molar-refractivity contribution < 1.29 is 13.2 Å². The lowest BCUT2D eigenvalue weighted by Gasteiger charge is -2.44. The van der Waals surface area contributed by atoms with Crippen molar-refractivity contribution in [2.24, 2.45) is 4.99 Å². The lowest BCUT2D eigenvalue weighted by Crippen LogP contribution is -2.53. The molecule has 1 saturated carbocycles. The fourth-order valence-corrected chi connectivity index (χ4v) is 3.99. The van der Waals surface area contributed by atoms with Gasteiger partial charge in [0.25, 0.3) is 0 Å². The number of anilines is 2. The van der Waals surface area contributed by atoms with Gasteiger partial charge in [-0.3, -0.25) is 4.99 Å². The van der Waals surface area contributed by atoms with Crippen LogP contribution in [0.25, 0.3) is 0 Å². The smallest absolute Gasteiger partial charge is 0.371 e. The van der Waals surface area contributed by atoms with Gasteiger partial charge in [-0.1, -0.05) is 43.5 Å². The standard InChI is InChI=1S/C21H22F3N3/c22-21(23,24)16-8-6-7-15(13-16)14-25-19-20(11-4-1-5-12-20)27-18-10-3-2-9-17(18)26-19/h2-3,6-10,13,27H,1,4-5,11-12,14H2,(H,25,26). The van der Waals surface area contributed by atoms with E-state index in [9.17, 15) is 13.2 Å². The van der Waals surface area contributed by atoms with Crippen LogP contribution in [0.5, 0.6) is 0 Å². The molecule has 6 heteroatoms. The number of alkyl halides is 3. The molecule has 27 heavy (non-hydrogen) atoms. The molecule has 1 spiro atoms. The van der Waals surface area contributed by atoms with Gasteiger partial charge in [0, 0.05) is 0 Å². The maximum absolute atomic E-state index is 13.0. The van der Waals surface area contributed by atoms with Crippen LogP contribution in [0.1, 0.15) is 43.2 Å². The number of aliphatic imine (C=N–C) groups is 1. The molecule has 0 atom stereocenters. The average molecular weight is 373 g/mol. The third kappa shape index (κ3) is 3.66. The average Bonchev–Trinajstić information content (AvgIpc) is 2.66. The molecular formula is C21H22F3N3. The van der Waals surface area contributed by atoms with Crippen LogP contribution in [0.3, 0.4) is 0 Å². The highest BCUT2D eigenvalue weighted by atomic mass is 19.4. The number of para-hydroxylation sites is 2. The topological polar surface area (TPSA) is 36.4 Å². The summed E-state index contributed by atoms with van der Waals surface area (Å²) in [5.74, 6) is 0.832. The van der Waals surface area contributed by atoms with Crippen molar-refractivity contribution in [2.75, 3.05) is 10.6 Å². The van der Waals surface area contributed by atoms with Gasteiger partial charge in [-0.25, -0.2) is 0 Å². The Labute approximate surface area is 156 Å². The Morgan fingerprint density at radius 1 is 0.926 bits per heavy atom. The van der Waals surface area contributed by atoms with Crippen LogP contribution in [0.4, 0.5) is 24.5 Å². The van der Waals surface area contributed by atoms with Crippen molar-refractivity contribution >= 4 is 17.2 Å². The van der Waals surface area contributed by atoms with Crippen molar-refractivity contribution in [3.8, 4) is 0 Å². The fourth-order valence-electron chi connectivity index (χ4n) is 3.99. The summed E-state index contributed by atoms with van der Waals surface area (Å²) in [6.45, 7) is 0.220. The van der Waals surface area contributed by atoms with Gasteiger partial charge in [0.1, 0.15) is 5.84 Å². The number of nitrogens with zero attached hydrogens (tertiary/aromatic N) is 1. The molecule has 1 aliphatic carbocycles. The Morgan fingerprint density at radius 2 is 1.67 bits per heavy atom. The number of nitrogens with one attached hydrogen (secondary N) is 2. The second-order valence-electron chi connectivity index (χ2n) is 7.30. The first kappa shape index (κ1) is 17.9. The van der Waals surface area contributed by atoms with Gasteiger partial charge in [-0.2, -0.15) is 13.2 Å². The molecule has 1 aliphatic heterocycles. The molecule has 2 aromatic rings. The number of halogens is 3. The van der Waals surface area contributed by atoms with Gasteiger partial charge in [0.15, 0.2) is 0 Å². The summed E-state index contributed by atoms with van der Waals surface area (Å²) in [7, 11) is 0. The van der Waals surface area contributed by atoms with Gasteiger partial charge in [-0.15, -0.1) is 0 Å². The number of rotatable bonds is 2. The van der Waals surface area contributed by atoms with Gasteiger partial charge in [0.2, 0.25) is 0 Å². The molecule has 0 aromatic heterocycles. The minimum Gasteiger partial charge on any atom is -0.371 e. The fraction of sp³-hybridized carbons (Fsp3) is 0.381. The monoisotopic (exact) mass is 373 g/mol. The first-order chi connectivity index (χ1) is 13.0. The lowest BCUT2D eigenvalue weighted by molar-refractivity contribution is -0.137. The molecule has 0 unspecified atom stereocenters. The molecule has 2 N–H and O–H groups in total. The summed E-state index contributed by atoms with van der Waals surface area (Å²) < 4.78 is 38.9. The molecule has 3 nitrogen and oxygen atoms in total. The molecule has 0 radical (unpaired) electrons. The van der Waals surface area contributed by atoms with E-state index in [1.54, 1.807) is 6.07 Å². The number of fused-ring (bicyclic) bond motifs is 1. The molecule has 0 saturated heterocycles. The number of benzene rings is 2. The van der Waals surface area contributed by atoms with E-state index < -0.39 is 11.7 Å². The van der Waals surface area contributed by atoms with Crippen LogP contribution in [-0.4, -0.2) is 11.4 Å². The SMILES string of the molecule is FC(F)(F)c1cccc(CN=C2Nc3ccccc3NC23CCCCC3)c1. The second kappa shape index (κ2) is 6.91. The zero-order chi connectivity index (χ0) is 18.9. The van der Waals surface area contributed by atoms with Gasteiger partial charge in [-0.05, 0) is 42.7 Å². The van der Waals surface area contributed by atoms with Gasteiger partial charge < -0.3 is 10.6 Å². The van der Waals surface area contributed by atoms with Crippen LogP contribution in [0, 0.1) is 0 Å². The van der Waals surface area contributed by atoms with E-state index in [1.165, 1.54) is 18.6 Å². The third-order valence-electron chi connectivity index (χ3n) is 5.39. The maximum Gasteiger partial charge on any atom is 0.416 e.